The lowest BCUT2D eigenvalue weighted by Gasteiger charge is -2.20. The van der Waals surface area contributed by atoms with E-state index in [2.05, 4.69) is 54.9 Å². The smallest absolute Gasteiger partial charge is 0.200 e. The van der Waals surface area contributed by atoms with Gasteiger partial charge in [-0.15, -0.1) is 0 Å². The molecule has 0 radical (unpaired) electrons. The van der Waals surface area contributed by atoms with Crippen LogP contribution in [-0.2, 0) is 10.2 Å². The highest BCUT2D eigenvalue weighted by atomic mass is 79.9. The van der Waals surface area contributed by atoms with Gasteiger partial charge in [0, 0.05) is 5.57 Å². The predicted octanol–water partition coefficient (Wildman–Crippen LogP) is 4.63. The molecule has 0 amide bonds. The number of Topliss-reactive ketones (excluding diaryl/α,β-unsaturated/α-hetero) is 1. The molecule has 0 heterocycles. The van der Waals surface area contributed by atoms with Gasteiger partial charge in [0.05, 0.1) is 4.48 Å². The lowest BCUT2D eigenvalue weighted by molar-refractivity contribution is -0.111. The van der Waals surface area contributed by atoms with E-state index >= 15 is 0 Å². The van der Waals surface area contributed by atoms with Crippen LogP contribution in [0.5, 0.6) is 0 Å². The van der Waals surface area contributed by atoms with Gasteiger partial charge in [-0.05, 0) is 55.8 Å². The minimum absolute atomic E-state index is 0.0750. The third-order valence-corrected chi connectivity index (χ3v) is 4.28. The monoisotopic (exact) mass is 314 g/mol. The Hall–Kier alpha value is -1.41. The minimum Gasteiger partial charge on any atom is -0.288 e. The Balaban J connectivity index is 2.15. The molecule has 0 bridgehead atoms. The normalized spacial score (nSPS) is 17.5. The van der Waals surface area contributed by atoms with Crippen LogP contribution >= 0.6 is 15.9 Å². The van der Waals surface area contributed by atoms with Crippen LogP contribution in [0.15, 0.2) is 40.4 Å². The van der Waals surface area contributed by atoms with Gasteiger partial charge in [-0.2, -0.15) is 0 Å². The van der Waals surface area contributed by atoms with Gasteiger partial charge in [0.1, 0.15) is 0 Å². The Morgan fingerprint density at radius 3 is 2.47 bits per heavy atom. The number of fused-ring (bicyclic) bond motifs is 3. The van der Waals surface area contributed by atoms with E-state index in [0.29, 0.717) is 4.48 Å². The Morgan fingerprint density at radius 1 is 1.05 bits per heavy atom. The molecule has 1 aromatic rings. The fourth-order valence-electron chi connectivity index (χ4n) is 2.50. The van der Waals surface area contributed by atoms with E-state index in [1.165, 1.54) is 5.56 Å². The van der Waals surface area contributed by atoms with Gasteiger partial charge in [-0.3, -0.25) is 4.79 Å². The average Bonchev–Trinajstić information content (AvgIpc) is 2.71. The van der Waals surface area contributed by atoms with E-state index in [4.69, 9.17) is 0 Å². The molecule has 0 saturated carbocycles. The number of hydrogen-bond acceptors (Lipinski definition) is 1. The molecular formula is C17H15BrO. The molecule has 96 valence electrons. The average molecular weight is 315 g/mol. The number of carbonyl (C=O) groups is 1. The van der Waals surface area contributed by atoms with Crippen LogP contribution in [0.1, 0.15) is 37.5 Å². The summed E-state index contributed by atoms with van der Waals surface area (Å²) in [6, 6.07) is 6.49. The molecule has 2 aliphatic carbocycles. The van der Waals surface area contributed by atoms with Gasteiger partial charge in [0.15, 0.2) is 0 Å². The minimum atomic E-state index is 0.0750. The Bertz CT molecular complexity index is 682. The standard InChI is InChI=1S/C17H15BrO/c1-17(2,3)11-4-5-12-10(8-11)9-14-13(12)6-7-15(18)16(14)19/h4-9H,1-3H3. The SMILES string of the molecule is CC(C)(C)c1ccc2c(c1)C=C1C(=O)C(Br)=CC=C12. The van der Waals surface area contributed by atoms with Gasteiger partial charge in [-0.25, -0.2) is 0 Å². The first kappa shape index (κ1) is 12.6. The number of hydrogen-bond donors (Lipinski definition) is 0. The van der Waals surface area contributed by atoms with E-state index in [0.717, 1.165) is 22.3 Å². The Morgan fingerprint density at radius 2 is 1.79 bits per heavy atom. The largest absolute Gasteiger partial charge is 0.288 e. The number of ketones is 1. The van der Waals surface area contributed by atoms with E-state index in [-0.39, 0.29) is 11.2 Å². The zero-order valence-corrected chi connectivity index (χ0v) is 12.8. The molecule has 1 aromatic carbocycles. The highest BCUT2D eigenvalue weighted by Crippen LogP contribution is 2.41. The van der Waals surface area contributed by atoms with Crippen LogP contribution in [0.25, 0.3) is 11.6 Å². The quantitative estimate of drug-likeness (QED) is 0.682. The lowest BCUT2D eigenvalue weighted by atomic mass is 9.85. The van der Waals surface area contributed by atoms with Crippen LogP contribution in [0.4, 0.5) is 0 Å². The fourth-order valence-corrected chi connectivity index (χ4v) is 2.85. The Kier molecular flexibility index (Phi) is 2.68. The van der Waals surface area contributed by atoms with Crippen LogP contribution in [-0.4, -0.2) is 5.78 Å². The third-order valence-electron chi connectivity index (χ3n) is 3.66. The topological polar surface area (TPSA) is 17.1 Å². The summed E-state index contributed by atoms with van der Waals surface area (Å²) in [5.41, 5.74) is 5.57. The summed E-state index contributed by atoms with van der Waals surface area (Å²) in [7, 11) is 0. The first-order valence-corrected chi connectivity index (χ1v) is 7.16. The molecule has 2 heteroatoms. The lowest BCUT2D eigenvalue weighted by Crippen LogP contribution is -2.11. The van der Waals surface area contributed by atoms with Crippen molar-refractivity contribution in [3.8, 4) is 0 Å². The molecular weight excluding hydrogens is 300 g/mol. The molecule has 0 aliphatic heterocycles. The number of benzene rings is 1. The molecule has 0 aromatic heterocycles. The second kappa shape index (κ2) is 4.04. The van der Waals surface area contributed by atoms with Crippen LogP contribution in [0.3, 0.4) is 0 Å². The summed E-state index contributed by atoms with van der Waals surface area (Å²) < 4.78 is 0.631. The maximum absolute atomic E-state index is 12.1. The molecule has 0 unspecified atom stereocenters. The zero-order chi connectivity index (χ0) is 13.8. The van der Waals surface area contributed by atoms with Gasteiger partial charge in [0.2, 0.25) is 5.78 Å². The van der Waals surface area contributed by atoms with Crippen molar-refractivity contribution < 1.29 is 4.79 Å². The summed E-state index contributed by atoms with van der Waals surface area (Å²) in [6.45, 7) is 6.60. The summed E-state index contributed by atoms with van der Waals surface area (Å²) in [6.07, 6.45) is 5.86. The number of rotatable bonds is 0. The predicted molar refractivity (Wildman–Crippen MR) is 83.1 cm³/mol. The van der Waals surface area contributed by atoms with Crippen LogP contribution < -0.4 is 0 Å². The van der Waals surface area contributed by atoms with Gasteiger partial charge < -0.3 is 0 Å². The summed E-state index contributed by atoms with van der Waals surface area (Å²) in [4.78, 5) is 12.1. The van der Waals surface area contributed by atoms with Crippen molar-refractivity contribution in [1.82, 2.24) is 0 Å². The number of halogens is 1. The molecule has 2 aliphatic rings. The van der Waals surface area contributed by atoms with Crippen LogP contribution in [0, 0.1) is 0 Å². The van der Waals surface area contributed by atoms with Crippen molar-refractivity contribution >= 4 is 33.4 Å². The molecule has 1 nitrogen and oxygen atoms in total. The maximum Gasteiger partial charge on any atom is 0.200 e. The second-order valence-electron chi connectivity index (χ2n) is 6.03. The van der Waals surface area contributed by atoms with Gasteiger partial charge in [-0.1, -0.05) is 45.0 Å². The van der Waals surface area contributed by atoms with E-state index in [1.54, 1.807) is 0 Å². The summed E-state index contributed by atoms with van der Waals surface area (Å²) in [5.74, 6) is 0.0750. The number of carbonyl (C=O) groups excluding carboxylic acids is 1. The number of allylic oxidation sites excluding steroid dienone is 5. The maximum atomic E-state index is 12.1. The molecule has 0 saturated heterocycles. The van der Waals surface area contributed by atoms with E-state index in [1.807, 2.05) is 18.2 Å². The van der Waals surface area contributed by atoms with Crippen molar-refractivity contribution in [2.24, 2.45) is 0 Å². The molecule has 0 fully saturated rings. The second-order valence-corrected chi connectivity index (χ2v) is 6.89. The fraction of sp³-hybridized carbons (Fsp3) is 0.235. The van der Waals surface area contributed by atoms with Gasteiger partial charge in [0.25, 0.3) is 0 Å². The zero-order valence-electron chi connectivity index (χ0n) is 11.3. The van der Waals surface area contributed by atoms with Crippen molar-refractivity contribution in [2.45, 2.75) is 26.2 Å². The third kappa shape index (κ3) is 1.95. The first-order chi connectivity index (χ1) is 8.88. The van der Waals surface area contributed by atoms with Gasteiger partial charge >= 0.3 is 0 Å². The van der Waals surface area contributed by atoms with Crippen molar-refractivity contribution in [3.05, 3.63) is 57.1 Å². The first-order valence-electron chi connectivity index (χ1n) is 6.37. The highest BCUT2D eigenvalue weighted by molar-refractivity contribution is 9.12. The van der Waals surface area contributed by atoms with E-state index < -0.39 is 0 Å². The van der Waals surface area contributed by atoms with E-state index in [9.17, 15) is 4.79 Å². The van der Waals surface area contributed by atoms with Crippen LogP contribution in [0.2, 0.25) is 0 Å². The summed E-state index contributed by atoms with van der Waals surface area (Å²) >= 11 is 3.31. The van der Waals surface area contributed by atoms with Crippen molar-refractivity contribution in [1.29, 1.82) is 0 Å². The van der Waals surface area contributed by atoms with Crippen molar-refractivity contribution in [3.63, 3.8) is 0 Å². The summed E-state index contributed by atoms with van der Waals surface area (Å²) in [5, 5.41) is 0. The molecule has 0 atom stereocenters. The molecule has 0 spiro atoms. The molecule has 0 N–H and O–H groups in total. The molecule has 3 rings (SSSR count). The Labute approximate surface area is 121 Å². The molecule has 19 heavy (non-hydrogen) atoms. The van der Waals surface area contributed by atoms with Crippen molar-refractivity contribution in [2.75, 3.05) is 0 Å². The highest BCUT2D eigenvalue weighted by Gasteiger charge is 2.28.